The Labute approximate surface area is 125 Å². The average Bonchev–Trinajstić information content (AvgIpc) is 2.46. The van der Waals surface area contributed by atoms with Gasteiger partial charge in [-0.3, -0.25) is 4.79 Å². The molecule has 0 aliphatic rings. The minimum atomic E-state index is -3.69. The first-order valence-electron chi connectivity index (χ1n) is 6.79. The first kappa shape index (κ1) is 17.6. The number of hydrogen-bond donors (Lipinski definition) is 3. The first-order chi connectivity index (χ1) is 9.83. The molecule has 3 N–H and O–H groups in total. The molecule has 118 valence electrons. The van der Waals surface area contributed by atoms with Gasteiger partial charge in [-0.15, -0.1) is 0 Å². The van der Waals surface area contributed by atoms with E-state index in [1.807, 2.05) is 13.8 Å². The van der Waals surface area contributed by atoms with Crippen molar-refractivity contribution in [3.63, 3.8) is 0 Å². The minimum Gasteiger partial charge on any atom is -0.396 e. The van der Waals surface area contributed by atoms with Crippen molar-refractivity contribution < 1.29 is 18.3 Å². The topological polar surface area (TPSA) is 95.5 Å². The number of amides is 1. The van der Waals surface area contributed by atoms with Crippen molar-refractivity contribution in [1.29, 1.82) is 0 Å². The average molecular weight is 314 g/mol. The predicted octanol–water partition coefficient (Wildman–Crippen LogP) is 0.632. The number of sulfonamides is 1. The number of nitrogens with one attached hydrogen (secondary N) is 2. The third-order valence-corrected chi connectivity index (χ3v) is 4.78. The van der Waals surface area contributed by atoms with Gasteiger partial charge >= 0.3 is 0 Å². The van der Waals surface area contributed by atoms with Gasteiger partial charge in [-0.05, 0) is 31.9 Å². The van der Waals surface area contributed by atoms with Crippen LogP contribution in [0, 0.1) is 0 Å². The van der Waals surface area contributed by atoms with Crippen LogP contribution in [0.3, 0.4) is 0 Å². The highest BCUT2D eigenvalue weighted by Gasteiger charge is 2.24. The van der Waals surface area contributed by atoms with Crippen LogP contribution in [0.15, 0.2) is 35.2 Å². The number of hydrogen-bond acceptors (Lipinski definition) is 4. The zero-order valence-corrected chi connectivity index (χ0v) is 13.1. The molecule has 1 aromatic carbocycles. The molecule has 1 unspecified atom stereocenters. The number of aliphatic hydroxyl groups excluding tert-OH is 1. The van der Waals surface area contributed by atoms with Crippen LogP contribution in [-0.2, 0) is 14.8 Å². The summed E-state index contributed by atoms with van der Waals surface area (Å²) < 4.78 is 26.2. The van der Waals surface area contributed by atoms with E-state index in [4.69, 9.17) is 5.11 Å². The summed E-state index contributed by atoms with van der Waals surface area (Å²) in [6.07, 6.45) is 1.06. The second kappa shape index (κ2) is 7.53. The van der Waals surface area contributed by atoms with Crippen LogP contribution in [0.1, 0.15) is 26.7 Å². The van der Waals surface area contributed by atoms with Crippen LogP contribution in [0.4, 0.5) is 0 Å². The molecule has 0 aromatic heterocycles. The summed E-state index contributed by atoms with van der Waals surface area (Å²) >= 11 is 0. The third-order valence-electron chi connectivity index (χ3n) is 3.36. The Hall–Kier alpha value is -1.44. The lowest BCUT2D eigenvalue weighted by Crippen LogP contribution is -2.49. The Morgan fingerprint density at radius 2 is 1.90 bits per heavy atom. The number of carbonyl (C=O) groups excluding carboxylic acids is 1. The Balaban J connectivity index is 2.61. The van der Waals surface area contributed by atoms with Gasteiger partial charge < -0.3 is 10.4 Å². The smallest absolute Gasteiger partial charge is 0.241 e. The molecule has 0 aliphatic heterocycles. The van der Waals surface area contributed by atoms with Gasteiger partial charge in [0.2, 0.25) is 15.9 Å². The quantitative estimate of drug-likeness (QED) is 0.656. The molecule has 0 spiro atoms. The number of benzene rings is 1. The van der Waals surface area contributed by atoms with Crippen LogP contribution in [0.2, 0.25) is 0 Å². The summed E-state index contributed by atoms with van der Waals surface area (Å²) in [7, 11) is -3.69. The van der Waals surface area contributed by atoms with Gasteiger partial charge in [0.1, 0.15) is 0 Å². The maximum absolute atomic E-state index is 12.0. The van der Waals surface area contributed by atoms with Crippen molar-refractivity contribution in [3.8, 4) is 0 Å². The zero-order chi connectivity index (χ0) is 15.9. The van der Waals surface area contributed by atoms with Crippen molar-refractivity contribution in [2.24, 2.45) is 0 Å². The van der Waals surface area contributed by atoms with Gasteiger partial charge in [0.15, 0.2) is 0 Å². The molecule has 1 aromatic rings. The van der Waals surface area contributed by atoms with Crippen molar-refractivity contribution in [2.75, 3.05) is 13.2 Å². The zero-order valence-electron chi connectivity index (χ0n) is 12.3. The lowest BCUT2D eigenvalue weighted by molar-refractivity contribution is -0.121. The highest BCUT2D eigenvalue weighted by Crippen LogP contribution is 2.13. The molecule has 0 saturated heterocycles. The summed E-state index contributed by atoms with van der Waals surface area (Å²) in [5.74, 6) is -0.424. The molecule has 0 heterocycles. The fourth-order valence-corrected chi connectivity index (χ4v) is 2.80. The van der Waals surface area contributed by atoms with E-state index in [1.54, 1.807) is 18.2 Å². The summed E-state index contributed by atoms with van der Waals surface area (Å²) in [5.41, 5.74) is -0.538. The standard InChI is InChI=1S/C14H22N2O4S/c1-3-14(2,9-10-17)16-13(18)11-15-21(19,20)12-7-5-4-6-8-12/h4-8,15,17H,3,9-11H2,1-2H3,(H,16,18). The maximum atomic E-state index is 12.0. The fraction of sp³-hybridized carbons (Fsp3) is 0.500. The van der Waals surface area contributed by atoms with Crippen LogP contribution < -0.4 is 10.0 Å². The third kappa shape index (κ3) is 5.45. The van der Waals surface area contributed by atoms with Gasteiger partial charge in [0.05, 0.1) is 11.4 Å². The van der Waals surface area contributed by atoms with Crippen LogP contribution in [0.25, 0.3) is 0 Å². The highest BCUT2D eigenvalue weighted by atomic mass is 32.2. The molecule has 7 heteroatoms. The highest BCUT2D eigenvalue weighted by molar-refractivity contribution is 7.89. The Morgan fingerprint density at radius 1 is 1.29 bits per heavy atom. The van der Waals surface area contributed by atoms with Gasteiger partial charge in [-0.2, -0.15) is 0 Å². The van der Waals surface area contributed by atoms with Gasteiger partial charge in [-0.1, -0.05) is 25.1 Å². The summed E-state index contributed by atoms with van der Waals surface area (Å²) in [4.78, 5) is 12.0. The van der Waals surface area contributed by atoms with E-state index < -0.39 is 21.5 Å². The second-order valence-electron chi connectivity index (χ2n) is 5.07. The largest absolute Gasteiger partial charge is 0.396 e. The molecule has 0 fully saturated rings. The lowest BCUT2D eigenvalue weighted by Gasteiger charge is -2.29. The number of carbonyl (C=O) groups is 1. The molecule has 0 aliphatic carbocycles. The van der Waals surface area contributed by atoms with Gasteiger partial charge in [-0.25, -0.2) is 13.1 Å². The van der Waals surface area contributed by atoms with Crippen molar-refractivity contribution in [1.82, 2.24) is 10.0 Å². The summed E-state index contributed by atoms with van der Waals surface area (Å²) in [6.45, 7) is 3.33. The van der Waals surface area contributed by atoms with E-state index in [2.05, 4.69) is 10.0 Å². The molecule has 0 bridgehead atoms. The fourth-order valence-electron chi connectivity index (χ4n) is 1.80. The monoisotopic (exact) mass is 314 g/mol. The predicted molar refractivity (Wildman–Crippen MR) is 80.2 cm³/mol. The summed E-state index contributed by atoms with van der Waals surface area (Å²) in [5, 5.41) is 11.7. The molecular formula is C14H22N2O4S. The first-order valence-corrected chi connectivity index (χ1v) is 8.28. The molecule has 1 rings (SSSR count). The normalized spacial score (nSPS) is 14.4. The molecule has 1 amide bonds. The lowest BCUT2D eigenvalue weighted by atomic mass is 9.95. The van der Waals surface area contributed by atoms with Crippen molar-refractivity contribution in [2.45, 2.75) is 37.1 Å². The van der Waals surface area contributed by atoms with E-state index in [0.717, 1.165) is 0 Å². The molecule has 0 radical (unpaired) electrons. The van der Waals surface area contributed by atoms with Crippen LogP contribution in [-0.4, -0.2) is 38.1 Å². The molecule has 21 heavy (non-hydrogen) atoms. The van der Waals surface area contributed by atoms with Crippen molar-refractivity contribution in [3.05, 3.63) is 30.3 Å². The molecule has 0 saturated carbocycles. The number of rotatable bonds is 8. The van der Waals surface area contributed by atoms with Crippen LogP contribution >= 0.6 is 0 Å². The van der Waals surface area contributed by atoms with E-state index in [1.165, 1.54) is 12.1 Å². The minimum absolute atomic E-state index is 0.0413. The Bertz CT molecular complexity index is 560. The molecule has 1 atom stereocenters. The van der Waals surface area contributed by atoms with Crippen molar-refractivity contribution >= 4 is 15.9 Å². The van der Waals surface area contributed by atoms with E-state index in [-0.39, 0.29) is 18.0 Å². The van der Waals surface area contributed by atoms with E-state index >= 15 is 0 Å². The number of aliphatic hydroxyl groups is 1. The maximum Gasteiger partial charge on any atom is 0.241 e. The van der Waals surface area contributed by atoms with E-state index in [0.29, 0.717) is 12.8 Å². The summed E-state index contributed by atoms with van der Waals surface area (Å²) in [6, 6.07) is 7.87. The Morgan fingerprint density at radius 3 is 2.43 bits per heavy atom. The van der Waals surface area contributed by atoms with Crippen LogP contribution in [0.5, 0.6) is 0 Å². The van der Waals surface area contributed by atoms with E-state index in [9.17, 15) is 13.2 Å². The Kier molecular flexibility index (Phi) is 6.32. The molecule has 6 nitrogen and oxygen atoms in total. The molecular weight excluding hydrogens is 292 g/mol. The second-order valence-corrected chi connectivity index (χ2v) is 6.84. The van der Waals surface area contributed by atoms with Gasteiger partial charge in [0.25, 0.3) is 0 Å². The van der Waals surface area contributed by atoms with Gasteiger partial charge in [0, 0.05) is 12.1 Å². The SMILES string of the molecule is CCC(C)(CCO)NC(=O)CNS(=O)(=O)c1ccccc1.